The highest BCUT2D eigenvalue weighted by molar-refractivity contribution is 9.10. The van der Waals surface area contributed by atoms with Crippen LogP contribution in [0.4, 0.5) is 5.69 Å². The molecule has 100 valence electrons. The quantitative estimate of drug-likeness (QED) is 0.896. The van der Waals surface area contributed by atoms with Crippen molar-refractivity contribution in [3.63, 3.8) is 0 Å². The van der Waals surface area contributed by atoms with Gasteiger partial charge in [-0.2, -0.15) is 0 Å². The molecule has 2 nitrogen and oxygen atoms in total. The van der Waals surface area contributed by atoms with E-state index in [0.29, 0.717) is 0 Å². The Morgan fingerprint density at radius 3 is 2.44 bits per heavy atom. The van der Waals surface area contributed by atoms with Gasteiger partial charge >= 0.3 is 0 Å². The molecular weight excluding hydrogens is 288 g/mol. The van der Waals surface area contributed by atoms with Crippen LogP contribution < -0.4 is 10.6 Å². The van der Waals surface area contributed by atoms with Gasteiger partial charge in [-0.25, -0.2) is 0 Å². The molecule has 0 amide bonds. The molecule has 1 aliphatic heterocycles. The lowest BCUT2D eigenvalue weighted by Gasteiger charge is -2.38. The molecule has 0 spiro atoms. The first-order chi connectivity index (χ1) is 8.47. The lowest BCUT2D eigenvalue weighted by molar-refractivity contribution is 0.356. The molecule has 0 aromatic heterocycles. The average molecular weight is 311 g/mol. The molecule has 0 radical (unpaired) electrons. The number of hydrogen-bond donors (Lipinski definition) is 1. The molecule has 1 fully saturated rings. The van der Waals surface area contributed by atoms with Gasteiger partial charge in [0, 0.05) is 29.3 Å². The van der Waals surface area contributed by atoms with Crippen molar-refractivity contribution in [2.75, 3.05) is 18.0 Å². The van der Waals surface area contributed by atoms with E-state index in [1.165, 1.54) is 17.7 Å². The van der Waals surface area contributed by atoms with E-state index in [1.54, 1.807) is 0 Å². The molecule has 3 atom stereocenters. The maximum atomic E-state index is 6.10. The van der Waals surface area contributed by atoms with E-state index in [1.807, 2.05) is 0 Å². The van der Waals surface area contributed by atoms with Gasteiger partial charge in [0.05, 0.1) is 0 Å². The van der Waals surface area contributed by atoms with Crippen molar-refractivity contribution in [2.24, 2.45) is 17.6 Å². The number of anilines is 1. The lowest BCUT2D eigenvalue weighted by Crippen LogP contribution is -2.39. The minimum Gasteiger partial charge on any atom is -0.371 e. The molecule has 3 heteroatoms. The monoisotopic (exact) mass is 310 g/mol. The first kappa shape index (κ1) is 13.9. The van der Waals surface area contributed by atoms with Crippen molar-refractivity contribution in [3.8, 4) is 0 Å². The standard InChI is InChI=1S/C15H23BrN2/c1-10-6-11(2)9-18(8-10)15-7-13(16)4-5-14(15)12(3)17/h4-5,7,10-12H,6,8-9,17H2,1-3H3. The number of hydrogen-bond acceptors (Lipinski definition) is 2. The van der Waals surface area contributed by atoms with E-state index < -0.39 is 0 Å². The van der Waals surface area contributed by atoms with E-state index in [9.17, 15) is 0 Å². The van der Waals surface area contributed by atoms with Gasteiger partial charge < -0.3 is 10.6 Å². The Labute approximate surface area is 119 Å². The third kappa shape index (κ3) is 3.07. The van der Waals surface area contributed by atoms with E-state index in [-0.39, 0.29) is 6.04 Å². The topological polar surface area (TPSA) is 29.3 Å². The smallest absolute Gasteiger partial charge is 0.0426 e. The number of nitrogens with zero attached hydrogens (tertiary/aromatic N) is 1. The molecule has 1 saturated heterocycles. The van der Waals surface area contributed by atoms with Gasteiger partial charge in [0.15, 0.2) is 0 Å². The largest absolute Gasteiger partial charge is 0.371 e. The van der Waals surface area contributed by atoms with Crippen LogP contribution in [0.3, 0.4) is 0 Å². The van der Waals surface area contributed by atoms with E-state index >= 15 is 0 Å². The van der Waals surface area contributed by atoms with Gasteiger partial charge in [0.1, 0.15) is 0 Å². The summed E-state index contributed by atoms with van der Waals surface area (Å²) in [5.74, 6) is 1.52. The summed E-state index contributed by atoms with van der Waals surface area (Å²) in [6.45, 7) is 9.02. The SMILES string of the molecule is CC1CC(C)CN(c2cc(Br)ccc2C(C)N)C1. The first-order valence-electron chi connectivity index (χ1n) is 6.77. The van der Waals surface area contributed by atoms with Crippen LogP contribution in [0.2, 0.25) is 0 Å². The Hall–Kier alpha value is -0.540. The minimum atomic E-state index is 0.0839. The number of halogens is 1. The molecule has 2 rings (SSSR count). The molecule has 1 heterocycles. The van der Waals surface area contributed by atoms with Crippen molar-refractivity contribution in [3.05, 3.63) is 28.2 Å². The summed E-state index contributed by atoms with van der Waals surface area (Å²) in [5, 5.41) is 0. The van der Waals surface area contributed by atoms with Crippen molar-refractivity contribution < 1.29 is 0 Å². The molecule has 0 saturated carbocycles. The Balaban J connectivity index is 2.33. The predicted molar refractivity (Wildman–Crippen MR) is 81.9 cm³/mol. The van der Waals surface area contributed by atoms with Crippen molar-refractivity contribution in [1.29, 1.82) is 0 Å². The van der Waals surface area contributed by atoms with E-state index in [2.05, 4.69) is 59.8 Å². The molecular formula is C15H23BrN2. The molecule has 3 unspecified atom stereocenters. The fourth-order valence-electron chi connectivity index (χ4n) is 3.04. The highest BCUT2D eigenvalue weighted by atomic mass is 79.9. The Bertz CT molecular complexity index is 407. The maximum absolute atomic E-state index is 6.10. The Morgan fingerprint density at radius 1 is 1.28 bits per heavy atom. The van der Waals surface area contributed by atoms with Gasteiger partial charge in [-0.15, -0.1) is 0 Å². The number of benzene rings is 1. The summed E-state index contributed by atoms with van der Waals surface area (Å²) in [6.07, 6.45) is 1.33. The van der Waals surface area contributed by atoms with Gasteiger partial charge in [0.25, 0.3) is 0 Å². The molecule has 0 bridgehead atoms. The van der Waals surface area contributed by atoms with Crippen molar-refractivity contribution in [1.82, 2.24) is 0 Å². The van der Waals surface area contributed by atoms with E-state index in [4.69, 9.17) is 5.73 Å². The fraction of sp³-hybridized carbons (Fsp3) is 0.600. The second-order valence-corrected chi connectivity index (χ2v) is 6.76. The van der Waals surface area contributed by atoms with Crippen LogP contribution >= 0.6 is 15.9 Å². The number of piperidine rings is 1. The Kier molecular flexibility index (Phi) is 4.33. The Morgan fingerprint density at radius 2 is 1.89 bits per heavy atom. The minimum absolute atomic E-state index is 0.0839. The van der Waals surface area contributed by atoms with E-state index in [0.717, 1.165) is 29.4 Å². The third-order valence-electron chi connectivity index (χ3n) is 3.69. The second-order valence-electron chi connectivity index (χ2n) is 5.84. The molecule has 1 aromatic carbocycles. The van der Waals surface area contributed by atoms with Crippen molar-refractivity contribution >= 4 is 21.6 Å². The summed E-state index contributed by atoms with van der Waals surface area (Å²) < 4.78 is 1.13. The second kappa shape index (κ2) is 5.62. The average Bonchev–Trinajstić information content (AvgIpc) is 2.27. The zero-order valence-electron chi connectivity index (χ0n) is 11.5. The van der Waals surface area contributed by atoms with Gasteiger partial charge in [-0.1, -0.05) is 35.8 Å². The van der Waals surface area contributed by atoms with Crippen LogP contribution in [0, 0.1) is 11.8 Å². The number of rotatable bonds is 2. The summed E-state index contributed by atoms with van der Waals surface area (Å²) in [4.78, 5) is 2.50. The molecule has 0 aliphatic carbocycles. The van der Waals surface area contributed by atoms with Crippen LogP contribution in [0.5, 0.6) is 0 Å². The molecule has 1 aromatic rings. The third-order valence-corrected chi connectivity index (χ3v) is 4.19. The maximum Gasteiger partial charge on any atom is 0.0426 e. The molecule has 18 heavy (non-hydrogen) atoms. The summed E-state index contributed by atoms with van der Waals surface area (Å²) >= 11 is 3.57. The lowest BCUT2D eigenvalue weighted by atomic mass is 9.91. The van der Waals surface area contributed by atoms with Gasteiger partial charge in [0.2, 0.25) is 0 Å². The first-order valence-corrected chi connectivity index (χ1v) is 7.56. The van der Waals surface area contributed by atoms with Crippen LogP contribution in [0.1, 0.15) is 38.8 Å². The van der Waals surface area contributed by atoms with Crippen LogP contribution in [0.15, 0.2) is 22.7 Å². The summed E-state index contributed by atoms with van der Waals surface area (Å²) in [7, 11) is 0. The highest BCUT2D eigenvalue weighted by Crippen LogP contribution is 2.33. The molecule has 2 N–H and O–H groups in total. The van der Waals surface area contributed by atoms with Crippen LogP contribution in [-0.2, 0) is 0 Å². The normalized spacial score (nSPS) is 26.2. The number of nitrogens with two attached hydrogens (primary N) is 1. The van der Waals surface area contributed by atoms with Crippen molar-refractivity contribution in [2.45, 2.75) is 33.2 Å². The highest BCUT2D eigenvalue weighted by Gasteiger charge is 2.24. The predicted octanol–water partition coefficient (Wildman–Crippen LogP) is 3.95. The fourth-order valence-corrected chi connectivity index (χ4v) is 3.38. The van der Waals surface area contributed by atoms with Crippen LogP contribution in [0.25, 0.3) is 0 Å². The summed E-state index contributed by atoms with van der Waals surface area (Å²) in [6, 6.07) is 6.52. The molecule has 1 aliphatic rings. The van der Waals surface area contributed by atoms with Crippen LogP contribution in [-0.4, -0.2) is 13.1 Å². The zero-order valence-corrected chi connectivity index (χ0v) is 13.1. The summed E-state index contributed by atoms with van der Waals surface area (Å²) in [5.41, 5.74) is 8.65. The van der Waals surface area contributed by atoms with Gasteiger partial charge in [-0.3, -0.25) is 0 Å². The van der Waals surface area contributed by atoms with Gasteiger partial charge in [-0.05, 0) is 42.9 Å². The zero-order chi connectivity index (χ0) is 13.3.